The molecule has 20 heavy (non-hydrogen) atoms. The largest absolute Gasteiger partial charge is 0.478 e. The average molecular weight is 332 g/mol. The number of benzene rings is 2. The Morgan fingerprint density at radius 1 is 1.30 bits per heavy atom. The molecule has 0 saturated heterocycles. The summed E-state index contributed by atoms with van der Waals surface area (Å²) >= 11 is 3.40. The van der Waals surface area contributed by atoms with E-state index >= 15 is 0 Å². The van der Waals surface area contributed by atoms with E-state index in [1.165, 1.54) is 18.2 Å². The Hall–Kier alpha value is -2.32. The zero-order valence-corrected chi connectivity index (χ0v) is 12.1. The molecule has 0 atom stereocenters. The lowest BCUT2D eigenvalue weighted by Crippen LogP contribution is -1.98. The molecule has 0 spiro atoms. The molecular formula is C15H10BrNO3. The minimum atomic E-state index is -1.08. The van der Waals surface area contributed by atoms with Gasteiger partial charge < -0.3 is 9.84 Å². The van der Waals surface area contributed by atoms with E-state index < -0.39 is 5.97 Å². The molecule has 100 valence electrons. The molecule has 2 aromatic carbocycles. The lowest BCUT2D eigenvalue weighted by molar-refractivity contribution is 0.0697. The number of ether oxygens (including phenoxy) is 1. The van der Waals surface area contributed by atoms with Crippen molar-refractivity contribution in [3.05, 3.63) is 57.6 Å². The van der Waals surface area contributed by atoms with Gasteiger partial charge in [-0.3, -0.25) is 0 Å². The van der Waals surface area contributed by atoms with Crippen LogP contribution < -0.4 is 4.74 Å². The van der Waals surface area contributed by atoms with Gasteiger partial charge in [-0.2, -0.15) is 5.26 Å². The first-order chi connectivity index (χ1) is 9.51. The lowest BCUT2D eigenvalue weighted by Gasteiger charge is -2.09. The number of carboxylic acids is 1. The highest BCUT2D eigenvalue weighted by molar-refractivity contribution is 9.10. The van der Waals surface area contributed by atoms with Gasteiger partial charge >= 0.3 is 5.97 Å². The van der Waals surface area contributed by atoms with Crippen LogP contribution in [-0.2, 0) is 0 Å². The highest BCUT2D eigenvalue weighted by atomic mass is 79.9. The summed E-state index contributed by atoms with van der Waals surface area (Å²) in [5.41, 5.74) is 1.24. The SMILES string of the molecule is Cc1cc(Oc2ccc(C(=O)O)cc2C#N)ccc1Br. The zero-order valence-electron chi connectivity index (χ0n) is 10.6. The van der Waals surface area contributed by atoms with Crippen molar-refractivity contribution in [2.45, 2.75) is 6.92 Å². The Labute approximate surface area is 124 Å². The third-order valence-corrected chi connectivity index (χ3v) is 3.59. The summed E-state index contributed by atoms with van der Waals surface area (Å²) in [4.78, 5) is 10.9. The first-order valence-corrected chi connectivity index (χ1v) is 6.52. The van der Waals surface area contributed by atoms with E-state index in [0.29, 0.717) is 11.5 Å². The quantitative estimate of drug-likeness (QED) is 0.918. The predicted molar refractivity (Wildman–Crippen MR) is 77.1 cm³/mol. The number of hydrogen-bond donors (Lipinski definition) is 1. The van der Waals surface area contributed by atoms with Crippen LogP contribution in [0.2, 0.25) is 0 Å². The molecule has 0 bridgehead atoms. The molecule has 0 saturated carbocycles. The monoisotopic (exact) mass is 331 g/mol. The summed E-state index contributed by atoms with van der Waals surface area (Å²) in [5.74, 6) is -0.156. The molecule has 2 rings (SSSR count). The van der Waals surface area contributed by atoms with Crippen LogP contribution in [0.4, 0.5) is 0 Å². The van der Waals surface area contributed by atoms with Crippen LogP contribution in [0.5, 0.6) is 11.5 Å². The van der Waals surface area contributed by atoms with Gasteiger partial charge in [0.1, 0.15) is 17.6 Å². The Bertz CT molecular complexity index is 720. The van der Waals surface area contributed by atoms with E-state index in [1.54, 1.807) is 6.07 Å². The molecule has 0 amide bonds. The van der Waals surface area contributed by atoms with Crippen molar-refractivity contribution in [2.75, 3.05) is 0 Å². The Kier molecular flexibility index (Phi) is 4.06. The number of nitriles is 1. The second-order valence-corrected chi connectivity index (χ2v) is 5.00. The van der Waals surface area contributed by atoms with E-state index in [1.807, 2.05) is 25.1 Å². The molecule has 0 aromatic heterocycles. The van der Waals surface area contributed by atoms with Crippen LogP contribution in [0.25, 0.3) is 0 Å². The number of carboxylic acid groups (broad SMARTS) is 1. The lowest BCUT2D eigenvalue weighted by atomic mass is 10.1. The van der Waals surface area contributed by atoms with Gasteiger partial charge in [-0.25, -0.2) is 4.79 Å². The molecule has 1 N–H and O–H groups in total. The maximum Gasteiger partial charge on any atom is 0.335 e. The first kappa shape index (κ1) is 14.1. The van der Waals surface area contributed by atoms with Gasteiger partial charge in [0.25, 0.3) is 0 Å². The van der Waals surface area contributed by atoms with Gasteiger partial charge in [0.05, 0.1) is 11.1 Å². The molecule has 0 aliphatic carbocycles. The number of aromatic carboxylic acids is 1. The van der Waals surface area contributed by atoms with Crippen molar-refractivity contribution >= 4 is 21.9 Å². The summed E-state index contributed by atoms with van der Waals surface area (Å²) in [6.07, 6.45) is 0. The fraction of sp³-hybridized carbons (Fsp3) is 0.0667. The topological polar surface area (TPSA) is 70.3 Å². The molecule has 0 aliphatic heterocycles. The van der Waals surface area contributed by atoms with E-state index in [-0.39, 0.29) is 11.1 Å². The summed E-state index contributed by atoms with van der Waals surface area (Å²) in [6.45, 7) is 1.93. The molecule has 0 aliphatic rings. The summed E-state index contributed by atoms with van der Waals surface area (Å²) in [7, 11) is 0. The van der Waals surface area contributed by atoms with Crippen LogP contribution in [0.1, 0.15) is 21.5 Å². The molecule has 0 unspecified atom stereocenters. The molecule has 2 aromatic rings. The van der Waals surface area contributed by atoms with Gasteiger partial charge in [0, 0.05) is 4.47 Å². The van der Waals surface area contributed by atoms with Gasteiger partial charge in [0.2, 0.25) is 0 Å². The molecule has 0 heterocycles. The van der Waals surface area contributed by atoms with E-state index in [0.717, 1.165) is 10.0 Å². The summed E-state index contributed by atoms with van der Waals surface area (Å²) < 4.78 is 6.60. The Balaban J connectivity index is 2.36. The Morgan fingerprint density at radius 2 is 2.05 bits per heavy atom. The number of halogens is 1. The van der Waals surface area contributed by atoms with Gasteiger partial charge in [-0.05, 0) is 48.9 Å². The minimum Gasteiger partial charge on any atom is -0.478 e. The fourth-order valence-corrected chi connectivity index (χ4v) is 1.89. The van der Waals surface area contributed by atoms with Crippen molar-refractivity contribution in [1.29, 1.82) is 5.26 Å². The zero-order chi connectivity index (χ0) is 14.7. The molecule has 0 radical (unpaired) electrons. The van der Waals surface area contributed by atoms with Crippen molar-refractivity contribution in [3.63, 3.8) is 0 Å². The van der Waals surface area contributed by atoms with Crippen molar-refractivity contribution in [1.82, 2.24) is 0 Å². The van der Waals surface area contributed by atoms with Crippen molar-refractivity contribution in [2.24, 2.45) is 0 Å². The van der Waals surface area contributed by atoms with Gasteiger partial charge in [-0.15, -0.1) is 0 Å². The van der Waals surface area contributed by atoms with E-state index in [2.05, 4.69) is 15.9 Å². The van der Waals surface area contributed by atoms with Gasteiger partial charge in [0.15, 0.2) is 0 Å². The van der Waals surface area contributed by atoms with Crippen molar-refractivity contribution < 1.29 is 14.6 Å². The number of nitrogens with zero attached hydrogens (tertiary/aromatic N) is 1. The highest BCUT2D eigenvalue weighted by Gasteiger charge is 2.10. The Morgan fingerprint density at radius 3 is 2.65 bits per heavy atom. The van der Waals surface area contributed by atoms with Crippen LogP contribution >= 0.6 is 15.9 Å². The number of rotatable bonds is 3. The molecule has 5 heteroatoms. The second-order valence-electron chi connectivity index (χ2n) is 4.14. The average Bonchev–Trinajstić information content (AvgIpc) is 2.43. The number of carbonyl (C=O) groups is 1. The molecule has 0 fully saturated rings. The maximum atomic E-state index is 10.9. The van der Waals surface area contributed by atoms with Crippen LogP contribution in [0, 0.1) is 18.3 Å². The fourth-order valence-electron chi connectivity index (χ4n) is 1.65. The highest BCUT2D eigenvalue weighted by Crippen LogP contribution is 2.28. The standard InChI is InChI=1S/C15H10BrNO3/c1-9-6-12(3-4-13(9)16)20-14-5-2-10(15(18)19)7-11(14)8-17/h2-7H,1H3,(H,18,19). The predicted octanol–water partition coefficient (Wildman–Crippen LogP) is 4.12. The van der Waals surface area contributed by atoms with Crippen molar-refractivity contribution in [3.8, 4) is 17.6 Å². The summed E-state index contributed by atoms with van der Waals surface area (Å²) in [5, 5.41) is 18.0. The maximum absolute atomic E-state index is 10.9. The second kappa shape index (κ2) is 5.76. The molecule has 4 nitrogen and oxygen atoms in total. The first-order valence-electron chi connectivity index (χ1n) is 5.72. The van der Waals surface area contributed by atoms with E-state index in [4.69, 9.17) is 15.1 Å². The smallest absolute Gasteiger partial charge is 0.335 e. The molecular weight excluding hydrogens is 322 g/mol. The van der Waals surface area contributed by atoms with E-state index in [9.17, 15) is 4.79 Å². The van der Waals surface area contributed by atoms with Crippen LogP contribution in [-0.4, -0.2) is 11.1 Å². The van der Waals surface area contributed by atoms with Gasteiger partial charge in [-0.1, -0.05) is 15.9 Å². The van der Waals surface area contributed by atoms with Crippen LogP contribution in [0.3, 0.4) is 0 Å². The summed E-state index contributed by atoms with van der Waals surface area (Å²) in [6, 6.07) is 11.6. The third kappa shape index (κ3) is 2.98. The normalized spacial score (nSPS) is 9.85. The third-order valence-electron chi connectivity index (χ3n) is 2.70. The number of hydrogen-bond acceptors (Lipinski definition) is 3. The van der Waals surface area contributed by atoms with Crippen LogP contribution in [0.15, 0.2) is 40.9 Å². The number of aryl methyl sites for hydroxylation is 1. The minimum absolute atomic E-state index is 0.0564.